The summed E-state index contributed by atoms with van der Waals surface area (Å²) in [5.74, 6) is -1.14. The summed E-state index contributed by atoms with van der Waals surface area (Å²) >= 11 is 1.35. The van der Waals surface area contributed by atoms with E-state index in [1.54, 1.807) is 29.2 Å². The predicted octanol–water partition coefficient (Wildman–Crippen LogP) is 2.10. The van der Waals surface area contributed by atoms with E-state index in [2.05, 4.69) is 20.5 Å². The van der Waals surface area contributed by atoms with E-state index in [1.165, 1.54) is 18.2 Å². The van der Waals surface area contributed by atoms with Gasteiger partial charge in [0.05, 0.1) is 6.54 Å². The maximum Gasteiger partial charge on any atom is 0.262 e. The molecular formula is C23H31N5O4S. The highest BCUT2D eigenvalue weighted by Gasteiger charge is 2.33. The Morgan fingerprint density at radius 3 is 2.58 bits per heavy atom. The van der Waals surface area contributed by atoms with E-state index in [9.17, 15) is 19.2 Å². The van der Waals surface area contributed by atoms with Crippen LogP contribution < -0.4 is 10.6 Å². The van der Waals surface area contributed by atoms with Crippen molar-refractivity contribution in [1.29, 1.82) is 0 Å². The van der Waals surface area contributed by atoms with Crippen LogP contribution in [0.5, 0.6) is 0 Å². The van der Waals surface area contributed by atoms with Gasteiger partial charge in [0.1, 0.15) is 5.25 Å². The minimum absolute atomic E-state index is 0.0130. The summed E-state index contributed by atoms with van der Waals surface area (Å²) in [6, 6.07) is 6.50. The fraction of sp³-hybridized carbons (Fsp3) is 0.522. The van der Waals surface area contributed by atoms with Crippen molar-refractivity contribution in [2.45, 2.75) is 44.8 Å². The number of amidine groups is 1. The van der Waals surface area contributed by atoms with E-state index < -0.39 is 11.2 Å². The molecule has 0 aromatic heterocycles. The lowest BCUT2D eigenvalue weighted by molar-refractivity contribution is -0.129. The number of amides is 4. The number of benzene rings is 1. The van der Waals surface area contributed by atoms with Gasteiger partial charge in [-0.2, -0.15) is 4.99 Å². The average Bonchev–Trinajstić information content (AvgIpc) is 3.19. The van der Waals surface area contributed by atoms with Crippen LogP contribution in [0.3, 0.4) is 0 Å². The van der Waals surface area contributed by atoms with Gasteiger partial charge < -0.3 is 20.4 Å². The average molecular weight is 474 g/mol. The fourth-order valence-electron chi connectivity index (χ4n) is 3.79. The molecule has 0 spiro atoms. The summed E-state index contributed by atoms with van der Waals surface area (Å²) in [6.45, 7) is 6.64. The smallest absolute Gasteiger partial charge is 0.262 e. The summed E-state index contributed by atoms with van der Waals surface area (Å²) in [4.78, 5) is 57.2. The highest BCUT2D eigenvalue weighted by atomic mass is 32.2. The van der Waals surface area contributed by atoms with Gasteiger partial charge in [-0.3, -0.25) is 19.2 Å². The Labute approximate surface area is 198 Å². The van der Waals surface area contributed by atoms with E-state index in [4.69, 9.17) is 0 Å². The van der Waals surface area contributed by atoms with Crippen molar-refractivity contribution in [2.24, 2.45) is 4.99 Å². The molecule has 33 heavy (non-hydrogen) atoms. The first-order valence-corrected chi connectivity index (χ1v) is 12.3. The summed E-state index contributed by atoms with van der Waals surface area (Å²) in [6.07, 6.45) is 3.38. The number of anilines is 1. The van der Waals surface area contributed by atoms with Gasteiger partial charge in [-0.25, -0.2) is 0 Å². The second-order valence-electron chi connectivity index (χ2n) is 7.97. The number of carbonyl (C=O) groups excluding carboxylic acids is 4. The van der Waals surface area contributed by atoms with Gasteiger partial charge in [0.15, 0.2) is 5.17 Å². The molecule has 1 atom stereocenters. The number of carbonyl (C=O) groups is 4. The summed E-state index contributed by atoms with van der Waals surface area (Å²) in [5.41, 5.74) is 0.789. The van der Waals surface area contributed by atoms with E-state index in [-0.39, 0.29) is 30.7 Å². The van der Waals surface area contributed by atoms with Crippen LogP contribution in [-0.2, 0) is 14.4 Å². The quantitative estimate of drug-likeness (QED) is 0.598. The number of hydrogen-bond donors (Lipinski definition) is 2. The number of likely N-dealkylation sites (tertiary alicyclic amines) is 1. The van der Waals surface area contributed by atoms with Gasteiger partial charge >= 0.3 is 0 Å². The van der Waals surface area contributed by atoms with Crippen molar-refractivity contribution in [2.75, 3.05) is 38.0 Å². The third-order valence-electron chi connectivity index (χ3n) is 5.65. The maximum absolute atomic E-state index is 12.5. The Hall–Kier alpha value is -2.88. The number of nitrogens with zero attached hydrogens (tertiary/aromatic N) is 3. The molecule has 0 bridgehead atoms. The lowest BCUT2D eigenvalue weighted by atomic mass is 10.1. The molecule has 178 valence electrons. The Balaban J connectivity index is 1.50. The molecular weight excluding hydrogens is 442 g/mol. The molecule has 1 aromatic carbocycles. The highest BCUT2D eigenvalue weighted by molar-refractivity contribution is 8.15. The first kappa shape index (κ1) is 24.8. The van der Waals surface area contributed by atoms with Crippen molar-refractivity contribution in [1.82, 2.24) is 15.1 Å². The number of thioether (sulfide) groups is 1. The molecule has 9 nitrogen and oxygen atoms in total. The van der Waals surface area contributed by atoms with Crippen LogP contribution in [0.25, 0.3) is 0 Å². The van der Waals surface area contributed by atoms with Crippen LogP contribution in [0.4, 0.5) is 5.69 Å². The standard InChI is InChI=1S/C23H31N5O4S/c1-3-27(4-2)20(30)15-24-21(31)16-9-8-10-17(13-16)25-19(29)14-18-22(32)26-23(33-18)28-11-6-5-7-12-28/h8-10,13,18H,3-7,11-12,14-15H2,1-2H3,(H,24,31)(H,25,29). The van der Waals surface area contributed by atoms with Gasteiger partial charge in [0.25, 0.3) is 11.8 Å². The van der Waals surface area contributed by atoms with Gasteiger partial charge in [0, 0.05) is 43.9 Å². The molecule has 4 amide bonds. The molecule has 1 aromatic rings. The SMILES string of the molecule is CCN(CC)C(=O)CNC(=O)c1cccc(NC(=O)CC2SC(N3CCCCC3)=NC2=O)c1. The molecule has 0 radical (unpaired) electrons. The molecule has 1 unspecified atom stereocenters. The molecule has 3 rings (SSSR count). The molecule has 2 N–H and O–H groups in total. The van der Waals surface area contributed by atoms with Crippen LogP contribution in [-0.4, -0.2) is 76.6 Å². The normalized spacial score (nSPS) is 18.0. The zero-order valence-corrected chi connectivity index (χ0v) is 20.0. The number of rotatable bonds is 8. The summed E-state index contributed by atoms with van der Waals surface area (Å²) in [7, 11) is 0. The molecule has 0 aliphatic carbocycles. The predicted molar refractivity (Wildman–Crippen MR) is 129 cm³/mol. The minimum atomic E-state index is -0.528. The number of nitrogens with one attached hydrogen (secondary N) is 2. The monoisotopic (exact) mass is 473 g/mol. The molecule has 2 heterocycles. The van der Waals surface area contributed by atoms with Crippen LogP contribution >= 0.6 is 11.8 Å². The van der Waals surface area contributed by atoms with E-state index >= 15 is 0 Å². The lowest BCUT2D eigenvalue weighted by Gasteiger charge is -2.27. The molecule has 2 aliphatic rings. The third-order valence-corrected chi connectivity index (χ3v) is 6.86. The lowest BCUT2D eigenvalue weighted by Crippen LogP contribution is -2.40. The van der Waals surface area contributed by atoms with Crippen LogP contribution in [0, 0.1) is 0 Å². The molecule has 0 saturated carbocycles. The number of hydrogen-bond acceptors (Lipinski definition) is 6. The molecule has 10 heteroatoms. The summed E-state index contributed by atoms with van der Waals surface area (Å²) < 4.78 is 0. The maximum atomic E-state index is 12.5. The number of aliphatic imine (C=N–C) groups is 1. The van der Waals surface area contributed by atoms with Gasteiger partial charge in [-0.1, -0.05) is 17.8 Å². The van der Waals surface area contributed by atoms with Crippen molar-refractivity contribution in [3.8, 4) is 0 Å². The second-order valence-corrected chi connectivity index (χ2v) is 9.14. The van der Waals surface area contributed by atoms with Crippen LogP contribution in [0.1, 0.15) is 49.9 Å². The van der Waals surface area contributed by atoms with Crippen LogP contribution in [0.2, 0.25) is 0 Å². The molecule has 1 fully saturated rings. The Kier molecular flexibility index (Phi) is 8.87. The zero-order chi connectivity index (χ0) is 23.8. The molecule has 2 aliphatic heterocycles. The van der Waals surface area contributed by atoms with Crippen molar-refractivity contribution in [3.63, 3.8) is 0 Å². The van der Waals surface area contributed by atoms with Gasteiger partial charge in [-0.05, 0) is 51.3 Å². The highest BCUT2D eigenvalue weighted by Crippen LogP contribution is 2.29. The van der Waals surface area contributed by atoms with Crippen molar-refractivity contribution >= 4 is 46.2 Å². The van der Waals surface area contributed by atoms with E-state index in [1.807, 2.05) is 13.8 Å². The first-order chi connectivity index (χ1) is 15.9. The number of piperidine rings is 1. The van der Waals surface area contributed by atoms with Crippen molar-refractivity contribution < 1.29 is 19.2 Å². The van der Waals surface area contributed by atoms with Gasteiger partial charge in [0.2, 0.25) is 11.8 Å². The third kappa shape index (κ3) is 6.80. The van der Waals surface area contributed by atoms with Gasteiger partial charge in [-0.15, -0.1) is 0 Å². The zero-order valence-electron chi connectivity index (χ0n) is 19.1. The fourth-order valence-corrected chi connectivity index (χ4v) is 4.91. The Morgan fingerprint density at radius 2 is 1.88 bits per heavy atom. The topological polar surface area (TPSA) is 111 Å². The Bertz CT molecular complexity index is 925. The van der Waals surface area contributed by atoms with Crippen molar-refractivity contribution in [3.05, 3.63) is 29.8 Å². The largest absolute Gasteiger partial charge is 0.351 e. The summed E-state index contributed by atoms with van der Waals surface area (Å²) in [5, 5.41) is 5.56. The first-order valence-electron chi connectivity index (χ1n) is 11.4. The second kappa shape index (κ2) is 11.8. The Morgan fingerprint density at radius 1 is 1.15 bits per heavy atom. The van der Waals surface area contributed by atoms with E-state index in [0.29, 0.717) is 24.3 Å². The van der Waals surface area contributed by atoms with Crippen LogP contribution in [0.15, 0.2) is 29.3 Å². The minimum Gasteiger partial charge on any atom is -0.351 e. The number of likely N-dealkylation sites (N-methyl/N-ethyl adjacent to an activating group) is 1. The van der Waals surface area contributed by atoms with E-state index in [0.717, 1.165) is 31.1 Å². The molecule has 1 saturated heterocycles.